The van der Waals surface area contributed by atoms with Crippen LogP contribution >= 0.6 is 24.0 Å². The third-order valence-electron chi connectivity index (χ3n) is 4.10. The van der Waals surface area contributed by atoms with E-state index in [4.69, 9.17) is 4.42 Å². The van der Waals surface area contributed by atoms with E-state index in [1.54, 1.807) is 30.1 Å². The number of carbonyl (C=O) groups is 1. The van der Waals surface area contributed by atoms with E-state index in [1.165, 1.54) is 6.33 Å². The van der Waals surface area contributed by atoms with Crippen LogP contribution in [0.1, 0.15) is 27.5 Å². The van der Waals surface area contributed by atoms with Crippen LogP contribution in [0.3, 0.4) is 0 Å². The van der Waals surface area contributed by atoms with Crippen molar-refractivity contribution in [3.63, 3.8) is 0 Å². The van der Waals surface area contributed by atoms with Crippen LogP contribution in [0.25, 0.3) is 0 Å². The summed E-state index contributed by atoms with van der Waals surface area (Å²) in [5, 5.41) is 13.3. The number of furan rings is 1. The molecule has 9 nitrogen and oxygen atoms in total. The number of nitrogens with one attached hydrogen (secondary N) is 3. The molecule has 0 spiro atoms. The first-order valence-corrected chi connectivity index (χ1v) is 8.82. The molecule has 0 aliphatic heterocycles. The summed E-state index contributed by atoms with van der Waals surface area (Å²) in [6, 6.07) is 11.0. The highest BCUT2D eigenvalue weighted by molar-refractivity contribution is 14.0. The summed E-state index contributed by atoms with van der Waals surface area (Å²) in [4.78, 5) is 20.7. The summed E-state index contributed by atoms with van der Waals surface area (Å²) < 4.78 is 6.92. The summed E-state index contributed by atoms with van der Waals surface area (Å²) in [6.07, 6.45) is 3.09. The van der Waals surface area contributed by atoms with Gasteiger partial charge in [0, 0.05) is 26.2 Å². The van der Waals surface area contributed by atoms with Crippen LogP contribution in [0.4, 0.5) is 0 Å². The third-order valence-corrected chi connectivity index (χ3v) is 4.10. The maximum atomic E-state index is 12.3. The van der Waals surface area contributed by atoms with Gasteiger partial charge in [-0.1, -0.05) is 12.1 Å². The molecule has 2 aromatic heterocycles. The third kappa shape index (κ3) is 6.59. The number of guanidine groups is 1. The Kier molecular flexibility index (Phi) is 8.65. The number of aromatic nitrogens is 3. The van der Waals surface area contributed by atoms with Gasteiger partial charge in [-0.05, 0) is 29.8 Å². The molecule has 0 aliphatic carbocycles. The number of aryl methyl sites for hydroxylation is 1. The molecule has 0 fully saturated rings. The fourth-order valence-electron chi connectivity index (χ4n) is 2.55. The minimum Gasteiger partial charge on any atom is -0.467 e. The minimum absolute atomic E-state index is 0. The van der Waals surface area contributed by atoms with Crippen molar-refractivity contribution in [2.75, 3.05) is 7.05 Å². The number of halogens is 1. The SMILES string of the molecule is CN=C(NCc1cccc(C(=O)NCc2ccco2)c1)NCc1ncnn1C.I. The van der Waals surface area contributed by atoms with Gasteiger partial charge in [0.25, 0.3) is 5.91 Å². The molecule has 0 aliphatic rings. The number of hydrogen-bond donors (Lipinski definition) is 3. The fraction of sp³-hybridized carbons (Fsp3) is 0.263. The van der Waals surface area contributed by atoms with Gasteiger partial charge in [-0.2, -0.15) is 5.10 Å². The van der Waals surface area contributed by atoms with E-state index in [2.05, 4.69) is 31.0 Å². The molecule has 10 heteroatoms. The predicted molar refractivity (Wildman–Crippen MR) is 120 cm³/mol. The lowest BCUT2D eigenvalue weighted by molar-refractivity contribution is 0.0948. The highest BCUT2D eigenvalue weighted by Gasteiger charge is 2.08. The van der Waals surface area contributed by atoms with Gasteiger partial charge in [0.15, 0.2) is 5.96 Å². The lowest BCUT2D eigenvalue weighted by Gasteiger charge is -2.12. The molecule has 1 amide bonds. The average molecular weight is 509 g/mol. The number of nitrogens with zero attached hydrogens (tertiary/aromatic N) is 4. The zero-order valence-electron chi connectivity index (χ0n) is 16.3. The lowest BCUT2D eigenvalue weighted by atomic mass is 10.1. The highest BCUT2D eigenvalue weighted by Crippen LogP contribution is 2.06. The van der Waals surface area contributed by atoms with Crippen LogP contribution in [-0.4, -0.2) is 33.7 Å². The second-order valence-electron chi connectivity index (χ2n) is 6.04. The summed E-state index contributed by atoms with van der Waals surface area (Å²) in [6.45, 7) is 1.39. The second-order valence-corrected chi connectivity index (χ2v) is 6.04. The van der Waals surface area contributed by atoms with Crippen molar-refractivity contribution in [3.05, 3.63) is 71.7 Å². The highest BCUT2D eigenvalue weighted by atomic mass is 127. The molecule has 3 N–H and O–H groups in total. The van der Waals surface area contributed by atoms with Crippen LogP contribution < -0.4 is 16.0 Å². The largest absolute Gasteiger partial charge is 0.467 e. The van der Waals surface area contributed by atoms with E-state index < -0.39 is 0 Å². The summed E-state index contributed by atoms with van der Waals surface area (Å²) in [5.41, 5.74) is 1.56. The molecular weight excluding hydrogens is 485 g/mol. The van der Waals surface area contributed by atoms with Crippen LogP contribution in [0.5, 0.6) is 0 Å². The Morgan fingerprint density at radius 3 is 2.66 bits per heavy atom. The topological polar surface area (TPSA) is 109 Å². The number of hydrogen-bond acceptors (Lipinski definition) is 5. The van der Waals surface area contributed by atoms with Crippen LogP contribution in [0.15, 0.2) is 58.4 Å². The number of aliphatic imine (C=N–C) groups is 1. The molecule has 2 heterocycles. The first-order chi connectivity index (χ1) is 13.7. The van der Waals surface area contributed by atoms with Gasteiger partial charge in [0.05, 0.1) is 19.4 Å². The Morgan fingerprint density at radius 1 is 1.14 bits per heavy atom. The van der Waals surface area contributed by atoms with Crippen molar-refractivity contribution in [3.8, 4) is 0 Å². The smallest absolute Gasteiger partial charge is 0.251 e. The first kappa shape index (κ1) is 22.4. The van der Waals surface area contributed by atoms with E-state index >= 15 is 0 Å². The lowest BCUT2D eigenvalue weighted by Crippen LogP contribution is -2.37. The quantitative estimate of drug-likeness (QED) is 0.255. The maximum Gasteiger partial charge on any atom is 0.251 e. The Balaban J connectivity index is 0.00000300. The Bertz CT molecular complexity index is 938. The van der Waals surface area contributed by atoms with Crippen molar-refractivity contribution in [1.29, 1.82) is 0 Å². The molecule has 0 bridgehead atoms. The molecule has 0 unspecified atom stereocenters. The molecule has 0 atom stereocenters. The standard InChI is InChI=1S/C19H23N7O2.HI/c1-20-19(23-12-17-24-13-25-26(17)2)22-10-14-5-3-6-15(9-14)18(27)21-11-16-7-4-8-28-16;/h3-9,13H,10-12H2,1-2H3,(H,21,27)(H2,20,22,23);1H. The second kappa shape index (κ2) is 11.2. The Labute approximate surface area is 186 Å². The molecule has 1 aromatic carbocycles. The van der Waals surface area contributed by atoms with Crippen molar-refractivity contribution in [2.45, 2.75) is 19.6 Å². The maximum absolute atomic E-state index is 12.3. The van der Waals surface area contributed by atoms with Crippen molar-refractivity contribution < 1.29 is 9.21 Å². The monoisotopic (exact) mass is 509 g/mol. The van der Waals surface area contributed by atoms with Gasteiger partial charge in [-0.3, -0.25) is 14.5 Å². The molecular formula is C19H24IN7O2. The Morgan fingerprint density at radius 2 is 1.97 bits per heavy atom. The molecule has 3 aromatic rings. The molecule has 154 valence electrons. The van der Waals surface area contributed by atoms with Gasteiger partial charge in [-0.25, -0.2) is 4.98 Å². The number of rotatable bonds is 7. The summed E-state index contributed by atoms with van der Waals surface area (Å²) >= 11 is 0. The first-order valence-electron chi connectivity index (χ1n) is 8.82. The summed E-state index contributed by atoms with van der Waals surface area (Å²) in [5.74, 6) is 2.00. The Hall–Kier alpha value is -2.89. The van der Waals surface area contributed by atoms with Gasteiger partial charge >= 0.3 is 0 Å². The van der Waals surface area contributed by atoms with E-state index in [0.717, 1.165) is 11.4 Å². The number of amides is 1. The van der Waals surface area contributed by atoms with E-state index in [9.17, 15) is 4.79 Å². The number of benzene rings is 1. The van der Waals surface area contributed by atoms with Gasteiger partial charge < -0.3 is 20.4 Å². The minimum atomic E-state index is -0.150. The zero-order chi connectivity index (χ0) is 19.8. The fourth-order valence-corrected chi connectivity index (χ4v) is 2.55. The van der Waals surface area contributed by atoms with Gasteiger partial charge in [0.1, 0.15) is 17.9 Å². The summed E-state index contributed by atoms with van der Waals surface area (Å²) in [7, 11) is 3.53. The van der Waals surface area contributed by atoms with Crippen molar-refractivity contribution in [2.24, 2.45) is 12.0 Å². The van der Waals surface area contributed by atoms with Crippen LogP contribution in [-0.2, 0) is 26.7 Å². The van der Waals surface area contributed by atoms with Crippen molar-refractivity contribution >= 4 is 35.8 Å². The van der Waals surface area contributed by atoms with Crippen LogP contribution in [0, 0.1) is 0 Å². The van der Waals surface area contributed by atoms with Crippen LogP contribution in [0.2, 0.25) is 0 Å². The molecule has 0 saturated heterocycles. The number of carbonyl (C=O) groups excluding carboxylic acids is 1. The average Bonchev–Trinajstić information content (AvgIpc) is 3.38. The molecule has 29 heavy (non-hydrogen) atoms. The normalized spacial score (nSPS) is 10.9. The zero-order valence-corrected chi connectivity index (χ0v) is 18.6. The van der Waals surface area contributed by atoms with E-state index in [1.807, 2.05) is 31.3 Å². The molecule has 0 radical (unpaired) electrons. The van der Waals surface area contributed by atoms with Gasteiger partial charge in [0.2, 0.25) is 0 Å². The van der Waals surface area contributed by atoms with E-state index in [0.29, 0.717) is 36.9 Å². The van der Waals surface area contributed by atoms with E-state index in [-0.39, 0.29) is 29.9 Å². The molecule has 0 saturated carbocycles. The molecule has 3 rings (SSSR count). The van der Waals surface area contributed by atoms with Gasteiger partial charge in [-0.15, -0.1) is 24.0 Å². The van der Waals surface area contributed by atoms with Crippen molar-refractivity contribution in [1.82, 2.24) is 30.7 Å². The predicted octanol–water partition coefficient (Wildman–Crippen LogP) is 1.82.